The summed E-state index contributed by atoms with van der Waals surface area (Å²) in [6, 6.07) is 10.5. The molecular weight excluding hydrogens is 292 g/mol. The third-order valence-electron chi connectivity index (χ3n) is 4.15. The number of amides is 2. The summed E-state index contributed by atoms with van der Waals surface area (Å²) < 4.78 is 0. The number of aryl methyl sites for hydroxylation is 1. The van der Waals surface area contributed by atoms with Crippen LogP contribution >= 0.6 is 0 Å². The van der Waals surface area contributed by atoms with Crippen molar-refractivity contribution < 1.29 is 14.7 Å². The second kappa shape index (κ2) is 5.12. The van der Waals surface area contributed by atoms with Gasteiger partial charge in [0.25, 0.3) is 5.91 Å². The van der Waals surface area contributed by atoms with Crippen molar-refractivity contribution in [2.75, 3.05) is 10.6 Å². The van der Waals surface area contributed by atoms with Gasteiger partial charge in [0, 0.05) is 16.8 Å². The zero-order valence-corrected chi connectivity index (χ0v) is 13.2. The maximum atomic E-state index is 12.3. The van der Waals surface area contributed by atoms with Gasteiger partial charge in [-0.2, -0.15) is 0 Å². The monoisotopic (exact) mass is 310 g/mol. The number of carbonyl (C=O) groups excluding carboxylic acids is 2. The van der Waals surface area contributed by atoms with E-state index >= 15 is 0 Å². The van der Waals surface area contributed by atoms with Crippen molar-refractivity contribution in [1.29, 1.82) is 0 Å². The first-order chi connectivity index (χ1) is 10.8. The highest BCUT2D eigenvalue weighted by Crippen LogP contribution is 2.46. The van der Waals surface area contributed by atoms with Crippen LogP contribution in [-0.4, -0.2) is 16.9 Å². The van der Waals surface area contributed by atoms with Gasteiger partial charge in [-0.05, 0) is 45.0 Å². The normalized spacial score (nSPS) is 15.0. The Hall–Kier alpha value is -2.82. The molecule has 3 N–H and O–H groups in total. The Bertz CT molecular complexity index is 825. The van der Waals surface area contributed by atoms with Gasteiger partial charge < -0.3 is 15.7 Å². The van der Waals surface area contributed by atoms with Crippen molar-refractivity contribution in [3.8, 4) is 5.75 Å². The van der Waals surface area contributed by atoms with Crippen LogP contribution in [0.1, 0.15) is 35.3 Å². The Kier molecular flexibility index (Phi) is 3.36. The number of nitrogens with one attached hydrogen (secondary N) is 2. The van der Waals surface area contributed by atoms with E-state index in [0.717, 1.165) is 5.56 Å². The molecule has 2 amide bonds. The van der Waals surface area contributed by atoms with E-state index in [1.54, 1.807) is 44.2 Å². The van der Waals surface area contributed by atoms with E-state index in [1.807, 2.05) is 13.0 Å². The molecule has 118 valence electrons. The Balaban J connectivity index is 1.96. The van der Waals surface area contributed by atoms with Crippen LogP contribution in [0.2, 0.25) is 0 Å². The Morgan fingerprint density at radius 1 is 1.22 bits per heavy atom. The summed E-state index contributed by atoms with van der Waals surface area (Å²) >= 11 is 0. The molecule has 0 unspecified atom stereocenters. The molecule has 1 aliphatic rings. The number of aromatic hydroxyl groups is 1. The number of hydrogen-bond acceptors (Lipinski definition) is 3. The largest absolute Gasteiger partial charge is 0.505 e. The van der Waals surface area contributed by atoms with E-state index in [1.165, 1.54) is 0 Å². The Morgan fingerprint density at radius 3 is 2.65 bits per heavy atom. The molecule has 0 spiro atoms. The van der Waals surface area contributed by atoms with Crippen LogP contribution in [0.4, 0.5) is 11.4 Å². The number of carbonyl (C=O) groups is 2. The fourth-order valence-corrected chi connectivity index (χ4v) is 2.80. The number of fused-ring (bicyclic) bond motifs is 1. The highest BCUT2D eigenvalue weighted by atomic mass is 16.3. The van der Waals surface area contributed by atoms with Gasteiger partial charge in [0.15, 0.2) is 0 Å². The van der Waals surface area contributed by atoms with Gasteiger partial charge in [-0.1, -0.05) is 17.7 Å². The second-order valence-electron chi connectivity index (χ2n) is 6.29. The summed E-state index contributed by atoms with van der Waals surface area (Å²) in [6.45, 7) is 5.38. The maximum Gasteiger partial charge on any atom is 0.255 e. The molecular formula is C18H18N2O3. The molecule has 5 heteroatoms. The van der Waals surface area contributed by atoms with Gasteiger partial charge >= 0.3 is 0 Å². The molecule has 2 aromatic rings. The predicted molar refractivity (Wildman–Crippen MR) is 88.9 cm³/mol. The topological polar surface area (TPSA) is 78.4 Å². The molecule has 1 heterocycles. The van der Waals surface area contributed by atoms with Crippen molar-refractivity contribution in [1.82, 2.24) is 0 Å². The lowest BCUT2D eigenvalue weighted by Crippen LogP contribution is -2.27. The molecule has 0 saturated carbocycles. The van der Waals surface area contributed by atoms with Crippen LogP contribution < -0.4 is 10.6 Å². The number of anilines is 2. The predicted octanol–water partition coefficient (Wildman–Crippen LogP) is 3.18. The number of rotatable bonds is 2. The molecule has 0 saturated heterocycles. The standard InChI is InChI=1S/C18H18N2O3/c1-10-5-4-6-11(9-10)16(22)19-13-8-7-12-14(15(13)21)18(2,3)17(23)20-12/h4-9,21H,1-3H3,(H,19,22)(H,20,23). The second-order valence-corrected chi connectivity index (χ2v) is 6.29. The minimum Gasteiger partial charge on any atom is -0.505 e. The molecule has 0 radical (unpaired) electrons. The van der Waals surface area contributed by atoms with E-state index < -0.39 is 5.41 Å². The lowest BCUT2D eigenvalue weighted by molar-refractivity contribution is -0.119. The van der Waals surface area contributed by atoms with Gasteiger partial charge in [-0.3, -0.25) is 9.59 Å². The van der Waals surface area contributed by atoms with Crippen molar-refractivity contribution in [2.45, 2.75) is 26.2 Å². The van der Waals surface area contributed by atoms with Crippen LogP contribution in [-0.2, 0) is 10.2 Å². The summed E-state index contributed by atoms with van der Waals surface area (Å²) in [7, 11) is 0. The van der Waals surface area contributed by atoms with Gasteiger partial charge in [0.1, 0.15) is 5.75 Å². The van der Waals surface area contributed by atoms with E-state index in [2.05, 4.69) is 10.6 Å². The van der Waals surface area contributed by atoms with Crippen LogP contribution in [0.5, 0.6) is 5.75 Å². The summed E-state index contributed by atoms with van der Waals surface area (Å²) in [4.78, 5) is 24.3. The van der Waals surface area contributed by atoms with Gasteiger partial charge in [0.05, 0.1) is 11.1 Å². The van der Waals surface area contributed by atoms with Crippen LogP contribution in [0, 0.1) is 6.92 Å². The lowest BCUT2D eigenvalue weighted by atomic mass is 9.85. The summed E-state index contributed by atoms with van der Waals surface area (Å²) in [6.07, 6.45) is 0. The summed E-state index contributed by atoms with van der Waals surface area (Å²) in [5.74, 6) is -0.559. The van der Waals surface area contributed by atoms with Gasteiger partial charge in [-0.25, -0.2) is 0 Å². The van der Waals surface area contributed by atoms with Crippen molar-refractivity contribution in [3.63, 3.8) is 0 Å². The highest BCUT2D eigenvalue weighted by Gasteiger charge is 2.41. The van der Waals surface area contributed by atoms with E-state index in [4.69, 9.17) is 0 Å². The van der Waals surface area contributed by atoms with Crippen LogP contribution in [0.3, 0.4) is 0 Å². The average Bonchev–Trinajstić information content (AvgIpc) is 2.72. The molecule has 2 aromatic carbocycles. The SMILES string of the molecule is Cc1cccc(C(=O)Nc2ccc3c(c2O)C(C)(C)C(=O)N3)c1. The fourth-order valence-electron chi connectivity index (χ4n) is 2.80. The van der Waals surface area contributed by atoms with Gasteiger partial charge in [0.2, 0.25) is 5.91 Å². The molecule has 5 nitrogen and oxygen atoms in total. The van der Waals surface area contributed by atoms with E-state index in [9.17, 15) is 14.7 Å². The van der Waals surface area contributed by atoms with E-state index in [0.29, 0.717) is 22.5 Å². The summed E-state index contributed by atoms with van der Waals surface area (Å²) in [5.41, 5.74) is 2.02. The minimum atomic E-state index is -0.844. The number of hydrogen-bond donors (Lipinski definition) is 3. The summed E-state index contributed by atoms with van der Waals surface area (Å²) in [5, 5.41) is 16.0. The number of phenolic OH excluding ortho intramolecular Hbond substituents is 1. The number of phenols is 1. The first kappa shape index (κ1) is 15.1. The average molecular weight is 310 g/mol. The van der Waals surface area contributed by atoms with Crippen molar-refractivity contribution >= 4 is 23.2 Å². The first-order valence-electron chi connectivity index (χ1n) is 7.36. The van der Waals surface area contributed by atoms with Gasteiger partial charge in [-0.15, -0.1) is 0 Å². The maximum absolute atomic E-state index is 12.3. The lowest BCUT2D eigenvalue weighted by Gasteiger charge is -2.18. The third kappa shape index (κ3) is 2.44. The molecule has 0 atom stereocenters. The zero-order chi connectivity index (χ0) is 16.8. The van der Waals surface area contributed by atoms with Crippen LogP contribution in [0.15, 0.2) is 36.4 Å². The number of benzene rings is 2. The zero-order valence-electron chi connectivity index (χ0n) is 13.2. The van der Waals surface area contributed by atoms with E-state index in [-0.39, 0.29) is 17.6 Å². The quantitative estimate of drug-likeness (QED) is 0.745. The fraction of sp³-hybridized carbons (Fsp3) is 0.222. The molecule has 0 bridgehead atoms. The molecule has 0 aromatic heterocycles. The smallest absolute Gasteiger partial charge is 0.255 e. The van der Waals surface area contributed by atoms with Crippen LogP contribution in [0.25, 0.3) is 0 Å². The van der Waals surface area contributed by atoms with Crippen molar-refractivity contribution in [3.05, 3.63) is 53.1 Å². The molecule has 3 rings (SSSR count). The Labute approximate surface area is 134 Å². The highest BCUT2D eigenvalue weighted by molar-refractivity contribution is 6.09. The minimum absolute atomic E-state index is 0.0770. The molecule has 0 aliphatic carbocycles. The third-order valence-corrected chi connectivity index (χ3v) is 4.15. The first-order valence-corrected chi connectivity index (χ1v) is 7.36. The molecule has 1 aliphatic heterocycles. The molecule has 0 fully saturated rings. The van der Waals surface area contributed by atoms with Crippen molar-refractivity contribution in [2.24, 2.45) is 0 Å². The molecule has 23 heavy (non-hydrogen) atoms. The Morgan fingerprint density at radius 2 is 1.96 bits per heavy atom.